The molecule has 0 radical (unpaired) electrons. The molecular formula is C21H21N7O2. The van der Waals surface area contributed by atoms with E-state index in [4.69, 9.17) is 0 Å². The van der Waals surface area contributed by atoms with Crippen molar-refractivity contribution in [2.24, 2.45) is 7.05 Å². The van der Waals surface area contributed by atoms with Gasteiger partial charge >= 0.3 is 0 Å². The smallest absolute Gasteiger partial charge is 0.274 e. The molecule has 2 amide bonds. The molecule has 2 N–H and O–H groups in total. The van der Waals surface area contributed by atoms with E-state index in [2.05, 4.69) is 25.8 Å². The molecule has 3 heterocycles. The first-order valence-corrected chi connectivity index (χ1v) is 9.60. The Morgan fingerprint density at radius 2 is 1.90 bits per heavy atom. The van der Waals surface area contributed by atoms with E-state index in [1.54, 1.807) is 29.9 Å². The average Bonchev–Trinajstić information content (AvgIpc) is 3.36. The normalized spacial score (nSPS) is 10.9. The molecule has 0 aliphatic rings. The second-order valence-corrected chi connectivity index (χ2v) is 6.76. The molecule has 9 heteroatoms. The number of carbonyl (C=O) groups excluding carboxylic acids is 2. The summed E-state index contributed by atoms with van der Waals surface area (Å²) in [7, 11) is 1.62. The zero-order valence-corrected chi connectivity index (χ0v) is 16.7. The second kappa shape index (κ2) is 8.16. The maximum atomic E-state index is 12.9. The van der Waals surface area contributed by atoms with E-state index in [1.165, 1.54) is 10.9 Å². The standard InChI is InChI=1S/C21H21N7O2/c1-3-10-22-20(29)16-13-23-27(2)18(16)21(30)24-15-9-11-28-17(12-15)25-19(26-28)14-7-5-4-6-8-14/h4-9,11-13H,3,10H2,1-2H3,(H,22,29)(H,24,30). The Morgan fingerprint density at radius 1 is 1.10 bits per heavy atom. The molecule has 30 heavy (non-hydrogen) atoms. The number of benzene rings is 1. The van der Waals surface area contributed by atoms with Gasteiger partial charge in [0.1, 0.15) is 5.69 Å². The predicted octanol–water partition coefficient (Wildman–Crippen LogP) is 2.52. The monoisotopic (exact) mass is 403 g/mol. The molecule has 0 aliphatic carbocycles. The van der Waals surface area contributed by atoms with Crippen LogP contribution in [0.5, 0.6) is 0 Å². The number of aromatic nitrogens is 5. The highest BCUT2D eigenvalue weighted by atomic mass is 16.2. The highest BCUT2D eigenvalue weighted by Gasteiger charge is 2.22. The fraction of sp³-hybridized carbons (Fsp3) is 0.190. The van der Waals surface area contributed by atoms with Gasteiger partial charge in [-0.1, -0.05) is 37.3 Å². The van der Waals surface area contributed by atoms with Gasteiger partial charge in [0, 0.05) is 37.1 Å². The van der Waals surface area contributed by atoms with Crippen LogP contribution in [0.3, 0.4) is 0 Å². The van der Waals surface area contributed by atoms with Gasteiger partial charge in [0.25, 0.3) is 11.8 Å². The van der Waals surface area contributed by atoms with Crippen molar-refractivity contribution in [2.75, 3.05) is 11.9 Å². The lowest BCUT2D eigenvalue weighted by Gasteiger charge is -2.08. The number of nitrogens with one attached hydrogen (secondary N) is 2. The summed E-state index contributed by atoms with van der Waals surface area (Å²) in [5, 5.41) is 14.1. The minimum atomic E-state index is -0.427. The first kappa shape index (κ1) is 19.3. The van der Waals surface area contributed by atoms with Crippen molar-refractivity contribution < 1.29 is 9.59 Å². The van der Waals surface area contributed by atoms with Crippen molar-refractivity contribution in [3.63, 3.8) is 0 Å². The molecule has 0 unspecified atom stereocenters. The van der Waals surface area contributed by atoms with E-state index >= 15 is 0 Å². The lowest BCUT2D eigenvalue weighted by atomic mass is 10.2. The summed E-state index contributed by atoms with van der Waals surface area (Å²) in [6.07, 6.45) is 3.92. The van der Waals surface area contributed by atoms with E-state index < -0.39 is 5.91 Å². The summed E-state index contributed by atoms with van der Waals surface area (Å²) in [4.78, 5) is 29.7. The van der Waals surface area contributed by atoms with Crippen molar-refractivity contribution in [1.29, 1.82) is 0 Å². The first-order valence-electron chi connectivity index (χ1n) is 9.60. The van der Waals surface area contributed by atoms with Gasteiger partial charge in [0.2, 0.25) is 0 Å². The van der Waals surface area contributed by atoms with Gasteiger partial charge in [0.05, 0.1) is 11.8 Å². The average molecular weight is 403 g/mol. The van der Waals surface area contributed by atoms with Gasteiger partial charge in [-0.25, -0.2) is 9.50 Å². The number of aryl methyl sites for hydroxylation is 1. The van der Waals surface area contributed by atoms with E-state index in [1.807, 2.05) is 37.3 Å². The summed E-state index contributed by atoms with van der Waals surface area (Å²) in [5.74, 6) is -0.153. The maximum absolute atomic E-state index is 12.9. The van der Waals surface area contributed by atoms with E-state index in [-0.39, 0.29) is 17.2 Å². The lowest BCUT2D eigenvalue weighted by molar-refractivity contribution is 0.0938. The minimum absolute atomic E-state index is 0.190. The van der Waals surface area contributed by atoms with Crippen LogP contribution in [0.25, 0.3) is 17.0 Å². The Labute approximate surface area is 172 Å². The van der Waals surface area contributed by atoms with Crippen molar-refractivity contribution in [3.8, 4) is 11.4 Å². The second-order valence-electron chi connectivity index (χ2n) is 6.76. The van der Waals surface area contributed by atoms with Crippen molar-refractivity contribution in [1.82, 2.24) is 29.7 Å². The van der Waals surface area contributed by atoms with Crippen LogP contribution < -0.4 is 10.6 Å². The number of nitrogens with zero attached hydrogens (tertiary/aromatic N) is 5. The summed E-state index contributed by atoms with van der Waals surface area (Å²) in [6.45, 7) is 2.49. The number of carbonyl (C=O) groups is 2. The summed E-state index contributed by atoms with van der Waals surface area (Å²) >= 11 is 0. The van der Waals surface area contributed by atoms with Crippen LogP contribution in [0.1, 0.15) is 34.2 Å². The highest BCUT2D eigenvalue weighted by molar-refractivity contribution is 6.11. The molecule has 0 aliphatic heterocycles. The molecule has 4 rings (SSSR count). The van der Waals surface area contributed by atoms with Gasteiger partial charge in [0.15, 0.2) is 11.5 Å². The molecule has 1 aromatic carbocycles. The molecule has 0 spiro atoms. The quantitative estimate of drug-likeness (QED) is 0.515. The van der Waals surface area contributed by atoms with Crippen LogP contribution in [0.15, 0.2) is 54.9 Å². The fourth-order valence-corrected chi connectivity index (χ4v) is 3.07. The third-order valence-electron chi connectivity index (χ3n) is 4.56. The minimum Gasteiger partial charge on any atom is -0.352 e. The first-order chi connectivity index (χ1) is 14.6. The predicted molar refractivity (Wildman–Crippen MR) is 112 cm³/mol. The van der Waals surface area contributed by atoms with Crippen LogP contribution in [0.2, 0.25) is 0 Å². The largest absolute Gasteiger partial charge is 0.352 e. The molecule has 0 saturated heterocycles. The number of amides is 2. The fourth-order valence-electron chi connectivity index (χ4n) is 3.07. The van der Waals surface area contributed by atoms with E-state index in [9.17, 15) is 9.59 Å². The number of fused-ring (bicyclic) bond motifs is 1. The van der Waals surface area contributed by atoms with Crippen molar-refractivity contribution >= 4 is 23.1 Å². The van der Waals surface area contributed by atoms with Crippen LogP contribution >= 0.6 is 0 Å². The molecule has 9 nitrogen and oxygen atoms in total. The third kappa shape index (κ3) is 3.77. The molecule has 0 atom stereocenters. The maximum Gasteiger partial charge on any atom is 0.274 e. The number of anilines is 1. The lowest BCUT2D eigenvalue weighted by Crippen LogP contribution is -2.27. The number of rotatable bonds is 6. The summed E-state index contributed by atoms with van der Waals surface area (Å²) in [5.41, 5.74) is 2.47. The van der Waals surface area contributed by atoms with Gasteiger partial charge in [-0.3, -0.25) is 14.3 Å². The van der Waals surface area contributed by atoms with Crippen LogP contribution in [0, 0.1) is 0 Å². The Balaban J connectivity index is 1.58. The zero-order valence-electron chi connectivity index (χ0n) is 16.7. The highest BCUT2D eigenvalue weighted by Crippen LogP contribution is 2.18. The number of hydrogen-bond donors (Lipinski definition) is 2. The van der Waals surface area contributed by atoms with Gasteiger partial charge in [-0.2, -0.15) is 5.10 Å². The Hall–Kier alpha value is -4.01. The Morgan fingerprint density at radius 3 is 2.67 bits per heavy atom. The van der Waals surface area contributed by atoms with Crippen molar-refractivity contribution in [3.05, 3.63) is 66.1 Å². The third-order valence-corrected chi connectivity index (χ3v) is 4.56. The van der Waals surface area contributed by atoms with Crippen LogP contribution in [0.4, 0.5) is 5.69 Å². The number of pyridine rings is 1. The summed E-state index contributed by atoms with van der Waals surface area (Å²) < 4.78 is 3.03. The molecule has 3 aromatic heterocycles. The Kier molecular flexibility index (Phi) is 5.25. The SMILES string of the molecule is CCCNC(=O)c1cnn(C)c1C(=O)Nc1ccn2nc(-c3ccccc3)nc2c1. The molecule has 0 bridgehead atoms. The number of hydrogen-bond acceptors (Lipinski definition) is 5. The van der Waals surface area contributed by atoms with E-state index in [0.29, 0.717) is 23.7 Å². The summed E-state index contributed by atoms with van der Waals surface area (Å²) in [6, 6.07) is 13.1. The Bertz CT molecular complexity index is 1210. The molecular weight excluding hydrogens is 382 g/mol. The van der Waals surface area contributed by atoms with E-state index in [0.717, 1.165) is 12.0 Å². The molecule has 0 fully saturated rings. The molecule has 152 valence electrons. The van der Waals surface area contributed by atoms with Gasteiger partial charge in [-0.15, -0.1) is 5.10 Å². The van der Waals surface area contributed by atoms with Gasteiger partial charge in [-0.05, 0) is 12.5 Å². The topological polar surface area (TPSA) is 106 Å². The van der Waals surface area contributed by atoms with Crippen LogP contribution in [-0.4, -0.2) is 42.7 Å². The molecule has 4 aromatic rings. The van der Waals surface area contributed by atoms with Gasteiger partial charge < -0.3 is 10.6 Å². The van der Waals surface area contributed by atoms with Crippen LogP contribution in [-0.2, 0) is 7.05 Å². The zero-order chi connectivity index (χ0) is 21.1. The molecule has 0 saturated carbocycles. The van der Waals surface area contributed by atoms with Crippen molar-refractivity contribution in [2.45, 2.75) is 13.3 Å².